The number of unbranched alkanes of at least 4 members (excludes halogenated alkanes) is 2. The van der Waals surface area contributed by atoms with Crippen LogP contribution in [0, 0.1) is 22.7 Å². The third-order valence-corrected chi connectivity index (χ3v) is 20.5. The maximum atomic E-state index is 13.2. The Kier molecular flexibility index (Phi) is 40.5. The van der Waals surface area contributed by atoms with Gasteiger partial charge in [-0.15, -0.1) is 0 Å². The standard InChI is InChI=1S/C27H40O6.C23H32O4.C14H18O6.C10H10O4.C5H12.C4H10O2/c1-18(2)20-16-19-8-9-23-26(3,22(19)17-21(20)24(30)32-14-6-12-28)10-5-11-27(23,4)25(31)33-15-7-13-29;1-14(2)16-12-15-8-9-19-22(3,18(15)13-17(16)20(24)26-5)10-7-11-23(19,4)21(25)27-6;15-7-1-9-19-13(17)11-3-5-12(6-4-11)14(18)20-10-2-8-16;1-13-9(11)7-3-5-8(6-4-7)10(12)14-2;1-3-5-4-2;1-6-4-2-3-5/h16-18,23,28-29H,5-15H2,1-4H3;12-14,19H,7-11H2,1-6H3;3-6,15-16H,1-2,7-10H2;3-6H,1-2H3;3-5H2,1-2H3;5H,2-4H2,1H3. The molecule has 5 N–H and O–H groups in total. The van der Waals surface area contributed by atoms with Crippen LogP contribution in [0.3, 0.4) is 0 Å². The van der Waals surface area contributed by atoms with Crippen LogP contribution in [0.25, 0.3) is 0 Å². The average molecular weight is 1470 g/mol. The molecule has 0 saturated heterocycles. The summed E-state index contributed by atoms with van der Waals surface area (Å²) in [4.78, 5) is 96.5. The van der Waals surface area contributed by atoms with Crippen LogP contribution in [0.5, 0.6) is 0 Å². The van der Waals surface area contributed by atoms with Gasteiger partial charge in [0.25, 0.3) is 0 Å². The number of ether oxygens (including phenoxy) is 9. The van der Waals surface area contributed by atoms with Crippen molar-refractivity contribution in [3.8, 4) is 0 Å². The number of hydrogen-bond donors (Lipinski definition) is 5. The molecule has 2 saturated carbocycles. The first-order valence-electron chi connectivity index (χ1n) is 37.2. The van der Waals surface area contributed by atoms with Crippen molar-refractivity contribution in [3.63, 3.8) is 0 Å². The highest BCUT2D eigenvalue weighted by Crippen LogP contribution is 2.60. The molecule has 4 aliphatic carbocycles. The van der Waals surface area contributed by atoms with Crippen LogP contribution >= 0.6 is 0 Å². The van der Waals surface area contributed by atoms with Crippen LogP contribution in [0.1, 0.15) is 279 Å². The minimum atomic E-state index is -0.585. The molecule has 22 heteroatoms. The molecule has 0 heterocycles. The average Bonchev–Trinajstić information content (AvgIpc) is 0.726. The van der Waals surface area contributed by atoms with Gasteiger partial charge in [0.05, 0.1) is 99.1 Å². The molecule has 22 nitrogen and oxygen atoms in total. The van der Waals surface area contributed by atoms with Crippen LogP contribution in [0.15, 0.2) is 72.8 Å². The van der Waals surface area contributed by atoms with Gasteiger partial charge in [-0.25, -0.2) is 28.8 Å². The number of aliphatic hydroxyl groups excluding tert-OH is 5. The minimum absolute atomic E-state index is 0.00782. The molecule has 586 valence electrons. The lowest BCUT2D eigenvalue weighted by Gasteiger charge is -2.54. The predicted molar refractivity (Wildman–Crippen MR) is 400 cm³/mol. The Morgan fingerprint density at radius 1 is 0.400 bits per heavy atom. The number of methoxy groups -OCH3 is 5. The van der Waals surface area contributed by atoms with E-state index in [1.807, 2.05) is 13.0 Å². The van der Waals surface area contributed by atoms with Crippen molar-refractivity contribution in [1.82, 2.24) is 0 Å². The van der Waals surface area contributed by atoms with Gasteiger partial charge in [-0.05, 0) is 200 Å². The van der Waals surface area contributed by atoms with E-state index in [4.69, 9.17) is 54.0 Å². The van der Waals surface area contributed by atoms with E-state index in [2.05, 4.69) is 94.7 Å². The molecule has 0 aliphatic heterocycles. The van der Waals surface area contributed by atoms with Gasteiger partial charge in [0.15, 0.2) is 0 Å². The van der Waals surface area contributed by atoms with Crippen LogP contribution in [-0.4, -0.2) is 175 Å². The second kappa shape index (κ2) is 46.5. The Morgan fingerprint density at radius 2 is 0.724 bits per heavy atom. The maximum Gasteiger partial charge on any atom is 0.338 e. The van der Waals surface area contributed by atoms with E-state index < -0.39 is 34.7 Å². The number of hydrogen-bond acceptors (Lipinski definition) is 22. The summed E-state index contributed by atoms with van der Waals surface area (Å²) in [7, 11) is 7.15. The zero-order valence-corrected chi connectivity index (χ0v) is 65.2. The first-order valence-corrected chi connectivity index (χ1v) is 37.2. The van der Waals surface area contributed by atoms with E-state index in [-0.39, 0.29) is 118 Å². The lowest BCUT2D eigenvalue weighted by Crippen LogP contribution is -2.53. The summed E-state index contributed by atoms with van der Waals surface area (Å²) in [6.07, 6.45) is 15.7. The highest BCUT2D eigenvalue weighted by molar-refractivity contribution is 5.95. The largest absolute Gasteiger partial charge is 0.469 e. The molecule has 6 unspecified atom stereocenters. The van der Waals surface area contributed by atoms with Crippen molar-refractivity contribution in [2.45, 2.75) is 207 Å². The number of esters is 8. The quantitative estimate of drug-likeness (QED) is 0.0210. The van der Waals surface area contributed by atoms with Crippen molar-refractivity contribution in [3.05, 3.63) is 140 Å². The number of aryl methyl sites for hydroxylation is 2. The molecular formula is C83H122O22. The number of fused-ring (bicyclic) bond motifs is 6. The van der Waals surface area contributed by atoms with E-state index in [0.29, 0.717) is 65.7 Å². The molecule has 4 aromatic carbocycles. The number of aliphatic hydroxyl groups is 5. The van der Waals surface area contributed by atoms with Crippen molar-refractivity contribution >= 4 is 47.8 Å². The van der Waals surface area contributed by atoms with Crippen molar-refractivity contribution < 1.29 is 107 Å². The van der Waals surface area contributed by atoms with Gasteiger partial charge < -0.3 is 68.2 Å². The Balaban J connectivity index is 0.000000358. The molecule has 0 radical (unpaired) electrons. The Hall–Kier alpha value is -7.60. The highest BCUT2D eigenvalue weighted by Gasteiger charge is 2.57. The number of carbonyl (C=O) groups is 8. The van der Waals surface area contributed by atoms with Gasteiger partial charge in [0.2, 0.25) is 0 Å². The highest BCUT2D eigenvalue weighted by atomic mass is 16.6. The number of benzene rings is 4. The van der Waals surface area contributed by atoms with Gasteiger partial charge in [0, 0.05) is 72.4 Å². The molecule has 0 bridgehead atoms. The zero-order chi connectivity index (χ0) is 78.5. The zero-order valence-electron chi connectivity index (χ0n) is 65.2. The first-order chi connectivity index (χ1) is 50.1. The molecule has 4 aliphatic rings. The molecule has 0 aromatic heterocycles. The van der Waals surface area contributed by atoms with Gasteiger partial charge in [-0.2, -0.15) is 0 Å². The summed E-state index contributed by atoms with van der Waals surface area (Å²) in [5, 5.41) is 43.4. The summed E-state index contributed by atoms with van der Waals surface area (Å²) >= 11 is 0. The fourth-order valence-corrected chi connectivity index (χ4v) is 14.8. The monoisotopic (exact) mass is 1470 g/mol. The fraction of sp³-hybridized carbons (Fsp3) is 0.614. The van der Waals surface area contributed by atoms with Crippen LogP contribution in [0.4, 0.5) is 0 Å². The van der Waals surface area contributed by atoms with Crippen molar-refractivity contribution in [1.29, 1.82) is 0 Å². The Labute approximate surface area is 622 Å². The van der Waals surface area contributed by atoms with E-state index >= 15 is 0 Å². The fourth-order valence-electron chi connectivity index (χ4n) is 14.8. The summed E-state index contributed by atoms with van der Waals surface area (Å²) in [5.41, 5.74) is 8.32. The number of carbonyl (C=O) groups excluding carboxylic acids is 8. The molecule has 4 aromatic rings. The Morgan fingerprint density at radius 3 is 1.03 bits per heavy atom. The van der Waals surface area contributed by atoms with Gasteiger partial charge >= 0.3 is 47.8 Å². The summed E-state index contributed by atoms with van der Waals surface area (Å²) in [6, 6.07) is 20.4. The van der Waals surface area contributed by atoms with E-state index in [0.717, 1.165) is 87.3 Å². The van der Waals surface area contributed by atoms with Crippen LogP contribution < -0.4 is 0 Å². The van der Waals surface area contributed by atoms with Crippen molar-refractivity contribution in [2.24, 2.45) is 22.7 Å². The molecular weight excluding hydrogens is 1350 g/mol. The SMILES string of the molecule is CC(C)c1cc2c(cc1C(=O)OCCCO)C1(C)CCCC(C)(C(=O)OCCCO)C1CC2.CCCCC.COC(=O)c1cc2c(cc1C(C)C)CCC1C(C)(C(=O)OC)CCCC21C.COC(=O)c1ccc(C(=O)OC)cc1.COCCCO.O=C(OCCCO)c1ccc(C(=O)OCCCO)cc1. The number of rotatable bonds is 27. The molecule has 0 amide bonds. The predicted octanol–water partition coefficient (Wildman–Crippen LogP) is 13.3. The van der Waals surface area contributed by atoms with Gasteiger partial charge in [-0.3, -0.25) is 9.59 Å². The van der Waals surface area contributed by atoms with Crippen LogP contribution in [-0.2, 0) is 75.9 Å². The van der Waals surface area contributed by atoms with E-state index in [9.17, 15) is 38.4 Å². The second-order valence-corrected chi connectivity index (χ2v) is 28.5. The molecule has 0 spiro atoms. The van der Waals surface area contributed by atoms with E-state index in [1.54, 1.807) is 7.11 Å². The van der Waals surface area contributed by atoms with Crippen LogP contribution in [0.2, 0.25) is 0 Å². The topological polar surface area (TPSA) is 321 Å². The molecule has 105 heavy (non-hydrogen) atoms. The lowest BCUT2D eigenvalue weighted by molar-refractivity contribution is -0.165. The lowest BCUT2D eigenvalue weighted by atomic mass is 9.49. The third kappa shape index (κ3) is 25.5. The van der Waals surface area contributed by atoms with Crippen molar-refractivity contribution in [2.75, 3.05) is 102 Å². The normalized spacial score (nSPS) is 20.0. The molecule has 8 rings (SSSR count). The molecule has 2 fully saturated rings. The Bertz CT molecular complexity index is 3280. The van der Waals surface area contributed by atoms with Gasteiger partial charge in [-0.1, -0.05) is 99.6 Å². The van der Waals surface area contributed by atoms with Gasteiger partial charge in [0.1, 0.15) is 0 Å². The smallest absolute Gasteiger partial charge is 0.338 e. The summed E-state index contributed by atoms with van der Waals surface area (Å²) in [5.74, 6) is -1.99. The minimum Gasteiger partial charge on any atom is -0.469 e. The third-order valence-electron chi connectivity index (χ3n) is 20.5. The summed E-state index contributed by atoms with van der Waals surface area (Å²) in [6.45, 7) is 23.0. The second-order valence-electron chi connectivity index (χ2n) is 28.5. The maximum absolute atomic E-state index is 13.2. The molecule has 6 atom stereocenters. The van der Waals surface area contributed by atoms with E-state index in [1.165, 1.54) is 113 Å². The summed E-state index contributed by atoms with van der Waals surface area (Å²) < 4.78 is 44.8. The first kappa shape index (κ1) is 91.6.